The zero-order valence-corrected chi connectivity index (χ0v) is 27.9. The smallest absolute Gasteiger partial charge is 0.301 e. The number of fused-ring (bicyclic) bond motifs is 2. The second-order valence-electron chi connectivity index (χ2n) is 11.4. The van der Waals surface area contributed by atoms with Crippen molar-refractivity contribution >= 4 is 56.5 Å². The lowest BCUT2D eigenvalue weighted by atomic mass is 9.95. The molecule has 1 fully saturated rings. The average molecular weight is 680 g/mol. The van der Waals surface area contributed by atoms with Gasteiger partial charge in [0, 0.05) is 11.3 Å². The number of hydrogen-bond acceptors (Lipinski definition) is 10. The van der Waals surface area contributed by atoms with Gasteiger partial charge in [0.25, 0.3) is 5.78 Å². The largest absolute Gasteiger partial charge is 0.507 e. The van der Waals surface area contributed by atoms with Crippen LogP contribution in [0.15, 0.2) is 94.8 Å². The number of nitrogens with zero attached hydrogens (tertiary/aromatic N) is 3. The summed E-state index contributed by atoms with van der Waals surface area (Å²) >= 11 is 2.75. The Morgan fingerprint density at radius 2 is 1.77 bits per heavy atom. The first kappa shape index (κ1) is 31.7. The monoisotopic (exact) mass is 679 g/mol. The molecule has 48 heavy (non-hydrogen) atoms. The van der Waals surface area contributed by atoms with Crippen molar-refractivity contribution < 1.29 is 28.9 Å². The summed E-state index contributed by atoms with van der Waals surface area (Å²) in [5, 5.41) is 23.0. The van der Waals surface area contributed by atoms with Crippen molar-refractivity contribution in [2.75, 3.05) is 24.7 Å². The van der Waals surface area contributed by atoms with Gasteiger partial charge < -0.3 is 19.3 Å². The van der Waals surface area contributed by atoms with Gasteiger partial charge in [-0.05, 0) is 58.7 Å². The lowest BCUT2D eigenvalue weighted by Gasteiger charge is -2.23. The van der Waals surface area contributed by atoms with Crippen LogP contribution in [0.25, 0.3) is 16.5 Å². The van der Waals surface area contributed by atoms with Crippen LogP contribution < -0.4 is 19.1 Å². The number of Topliss-reactive ketones (excluding diaryl/α,β-unsaturated/α-hetero) is 1. The van der Waals surface area contributed by atoms with Gasteiger partial charge in [0.15, 0.2) is 15.8 Å². The van der Waals surface area contributed by atoms with Gasteiger partial charge in [0.2, 0.25) is 5.13 Å². The topological polar surface area (TPSA) is 111 Å². The van der Waals surface area contributed by atoms with Gasteiger partial charge in [-0.1, -0.05) is 97.5 Å². The van der Waals surface area contributed by atoms with E-state index in [9.17, 15) is 14.7 Å². The Kier molecular flexibility index (Phi) is 9.31. The van der Waals surface area contributed by atoms with Gasteiger partial charge in [0.05, 0.1) is 18.2 Å². The van der Waals surface area contributed by atoms with Gasteiger partial charge in [0.1, 0.15) is 24.7 Å². The minimum Gasteiger partial charge on any atom is -0.507 e. The van der Waals surface area contributed by atoms with Crippen LogP contribution in [0.1, 0.15) is 48.9 Å². The third-order valence-electron chi connectivity index (χ3n) is 8.28. The molecule has 4 aromatic carbocycles. The first-order chi connectivity index (χ1) is 23.5. The zero-order valence-electron chi connectivity index (χ0n) is 26.3. The normalized spacial score (nSPS) is 16.9. The molecule has 2 aliphatic rings. The Morgan fingerprint density at radius 3 is 2.65 bits per heavy atom. The van der Waals surface area contributed by atoms with Gasteiger partial charge in [-0.25, -0.2) is 0 Å². The SMILES string of the molecule is CCCCCOc1cccc([C@H]2/C(=C(\O)c3ccc4c(c3)OCCO4)C(=O)C(=O)N2c2nnc(SCc3cccc4ccccc34)s2)c1. The van der Waals surface area contributed by atoms with E-state index in [1.807, 2.05) is 42.5 Å². The minimum atomic E-state index is -0.971. The number of aliphatic hydroxyl groups excluding tert-OH is 1. The predicted octanol–water partition coefficient (Wildman–Crippen LogP) is 7.95. The van der Waals surface area contributed by atoms with E-state index in [2.05, 4.69) is 41.4 Å². The number of amides is 1. The third-order valence-corrected chi connectivity index (χ3v) is 10.4. The summed E-state index contributed by atoms with van der Waals surface area (Å²) in [5.74, 6) is 0.330. The highest BCUT2D eigenvalue weighted by atomic mass is 32.2. The summed E-state index contributed by atoms with van der Waals surface area (Å²) in [5.41, 5.74) is 2.03. The maximum atomic E-state index is 13.8. The van der Waals surface area contributed by atoms with Gasteiger partial charge >= 0.3 is 5.91 Å². The highest BCUT2D eigenvalue weighted by molar-refractivity contribution is 8.00. The number of ketones is 1. The Bertz CT molecular complexity index is 2020. The molecule has 0 radical (unpaired) electrons. The number of aromatic nitrogens is 2. The number of unbranched alkanes of at least 4 members (excludes halogenated alkanes) is 2. The van der Waals surface area contributed by atoms with E-state index < -0.39 is 17.7 Å². The Hall–Kier alpha value is -4.87. The van der Waals surface area contributed by atoms with Crippen LogP contribution in [0.3, 0.4) is 0 Å². The number of aliphatic hydroxyl groups is 1. The lowest BCUT2D eigenvalue weighted by Crippen LogP contribution is -2.29. The molecule has 244 valence electrons. The van der Waals surface area contributed by atoms with Crippen LogP contribution in [0.4, 0.5) is 5.13 Å². The number of carbonyl (C=O) groups is 2. The van der Waals surface area contributed by atoms with E-state index >= 15 is 0 Å². The molecule has 9 nitrogen and oxygen atoms in total. The van der Waals surface area contributed by atoms with Crippen molar-refractivity contribution in [2.45, 2.75) is 42.3 Å². The van der Waals surface area contributed by atoms with Crippen LogP contribution in [-0.4, -0.2) is 46.8 Å². The number of carbonyl (C=O) groups excluding carboxylic acids is 2. The number of ether oxygens (including phenoxy) is 3. The molecule has 1 aromatic heterocycles. The maximum absolute atomic E-state index is 13.8. The van der Waals surface area contributed by atoms with Crippen molar-refractivity contribution in [3.8, 4) is 17.2 Å². The average Bonchev–Trinajstić information content (AvgIpc) is 3.70. The van der Waals surface area contributed by atoms with E-state index in [0.29, 0.717) is 58.3 Å². The molecule has 0 bridgehead atoms. The van der Waals surface area contributed by atoms with E-state index in [1.165, 1.54) is 33.4 Å². The summed E-state index contributed by atoms with van der Waals surface area (Å²) in [7, 11) is 0. The van der Waals surface area contributed by atoms with Crippen molar-refractivity contribution in [1.82, 2.24) is 10.2 Å². The molecule has 5 aromatic rings. The van der Waals surface area contributed by atoms with Crippen LogP contribution in [0.2, 0.25) is 0 Å². The van der Waals surface area contributed by atoms with Gasteiger partial charge in [-0.2, -0.15) is 0 Å². The van der Waals surface area contributed by atoms with E-state index in [0.717, 1.165) is 30.2 Å². The minimum absolute atomic E-state index is 0.0556. The molecule has 7 rings (SSSR count). The van der Waals surface area contributed by atoms with Crippen molar-refractivity contribution in [1.29, 1.82) is 0 Å². The Balaban J connectivity index is 1.24. The summed E-state index contributed by atoms with van der Waals surface area (Å²) < 4.78 is 18.0. The number of rotatable bonds is 11. The molecular formula is C37H33N3O6S2. The number of anilines is 1. The molecule has 11 heteroatoms. The number of thioether (sulfide) groups is 1. The van der Waals surface area contributed by atoms with E-state index in [4.69, 9.17) is 14.2 Å². The molecule has 1 atom stereocenters. The number of benzene rings is 4. The molecule has 0 aliphatic carbocycles. The van der Waals surface area contributed by atoms with Crippen molar-refractivity contribution in [3.05, 3.63) is 107 Å². The molecule has 3 heterocycles. The van der Waals surface area contributed by atoms with Gasteiger partial charge in [-0.3, -0.25) is 14.5 Å². The second kappa shape index (κ2) is 14.1. The fourth-order valence-electron chi connectivity index (χ4n) is 5.92. The van der Waals surface area contributed by atoms with Crippen molar-refractivity contribution in [3.63, 3.8) is 0 Å². The zero-order chi connectivity index (χ0) is 33.0. The van der Waals surface area contributed by atoms with Crippen molar-refractivity contribution in [2.24, 2.45) is 0 Å². The standard InChI is InChI=1S/C37H33N3O6S2/c1-2-3-6-17-44-27-13-8-11-24(20-27)32-31(33(41)25-15-16-29-30(21-25)46-19-18-45-29)34(42)35(43)40(32)36-38-39-37(48-36)47-22-26-12-7-10-23-9-4-5-14-28(23)26/h4-5,7-16,20-21,32,41H,2-3,6,17-19,22H2,1H3/b33-31+/t32-/m0/s1. The summed E-state index contributed by atoms with van der Waals surface area (Å²) in [4.78, 5) is 29.0. The first-order valence-corrected chi connectivity index (χ1v) is 17.7. The highest BCUT2D eigenvalue weighted by Crippen LogP contribution is 2.45. The molecular weight excluding hydrogens is 647 g/mol. The predicted molar refractivity (Wildman–Crippen MR) is 187 cm³/mol. The summed E-state index contributed by atoms with van der Waals surface area (Å²) in [6.07, 6.45) is 3.03. The molecule has 1 N–H and O–H groups in total. The summed E-state index contributed by atoms with van der Waals surface area (Å²) in [6, 6.07) is 25.7. The maximum Gasteiger partial charge on any atom is 0.301 e. The highest BCUT2D eigenvalue weighted by Gasteiger charge is 2.48. The molecule has 1 amide bonds. The molecule has 2 aliphatic heterocycles. The quantitative estimate of drug-likeness (QED) is 0.0371. The molecule has 0 saturated carbocycles. The van der Waals surface area contributed by atoms with Crippen LogP contribution in [-0.2, 0) is 15.3 Å². The van der Waals surface area contributed by atoms with Crippen LogP contribution >= 0.6 is 23.1 Å². The van der Waals surface area contributed by atoms with Crippen LogP contribution in [0.5, 0.6) is 17.2 Å². The van der Waals surface area contributed by atoms with Crippen LogP contribution in [0, 0.1) is 0 Å². The Labute approximate surface area is 286 Å². The molecule has 0 unspecified atom stereocenters. The molecule has 1 saturated heterocycles. The van der Waals surface area contributed by atoms with E-state index in [-0.39, 0.29) is 16.5 Å². The fraction of sp³-hybridized carbons (Fsp3) is 0.243. The van der Waals surface area contributed by atoms with E-state index in [1.54, 1.807) is 18.2 Å². The Morgan fingerprint density at radius 1 is 0.958 bits per heavy atom. The third kappa shape index (κ3) is 6.35. The number of hydrogen-bond donors (Lipinski definition) is 1. The second-order valence-corrected chi connectivity index (χ2v) is 13.6. The molecule has 0 spiro atoms. The first-order valence-electron chi connectivity index (χ1n) is 15.9. The fourth-order valence-corrected chi connectivity index (χ4v) is 7.80. The summed E-state index contributed by atoms with van der Waals surface area (Å²) in [6.45, 7) is 3.46. The lowest BCUT2D eigenvalue weighted by molar-refractivity contribution is -0.132. The van der Waals surface area contributed by atoms with Gasteiger partial charge in [-0.15, -0.1) is 10.2 Å².